The van der Waals surface area contributed by atoms with Gasteiger partial charge in [-0.1, -0.05) is 6.92 Å². The Hall–Kier alpha value is -2.31. The van der Waals surface area contributed by atoms with E-state index in [1.54, 1.807) is 0 Å². The molecule has 2 aromatic heterocycles. The zero-order chi connectivity index (χ0) is 17.8. The summed E-state index contributed by atoms with van der Waals surface area (Å²) in [5.41, 5.74) is 3.05. The number of fused-ring (bicyclic) bond motifs is 3. The first-order valence-corrected chi connectivity index (χ1v) is 9.54. The maximum absolute atomic E-state index is 14.7. The lowest BCUT2D eigenvalue weighted by molar-refractivity contribution is 0.285. The Morgan fingerprint density at radius 1 is 1.12 bits per heavy atom. The number of aromatic nitrogens is 4. The Kier molecular flexibility index (Phi) is 3.58. The molecule has 7 heteroatoms. The van der Waals surface area contributed by atoms with E-state index in [1.807, 2.05) is 13.8 Å². The second-order valence-electron chi connectivity index (χ2n) is 7.54. The number of rotatable bonds is 3. The van der Waals surface area contributed by atoms with Gasteiger partial charge in [0.1, 0.15) is 18.0 Å². The van der Waals surface area contributed by atoms with Crippen molar-refractivity contribution >= 4 is 11.6 Å². The van der Waals surface area contributed by atoms with E-state index in [1.165, 1.54) is 24.0 Å². The predicted octanol–water partition coefficient (Wildman–Crippen LogP) is 2.23. The van der Waals surface area contributed by atoms with Crippen LogP contribution in [0.15, 0.2) is 6.33 Å². The summed E-state index contributed by atoms with van der Waals surface area (Å²) in [6, 6.07) is 0.736. The topological polar surface area (TPSA) is 58.0 Å². The van der Waals surface area contributed by atoms with Gasteiger partial charge in [0, 0.05) is 24.3 Å². The minimum atomic E-state index is -0.262. The number of nitrogens with zero attached hydrogens (tertiary/aromatic N) is 6. The zero-order valence-electron chi connectivity index (χ0n) is 15.2. The van der Waals surface area contributed by atoms with E-state index in [-0.39, 0.29) is 5.82 Å². The summed E-state index contributed by atoms with van der Waals surface area (Å²) < 4.78 is 14.7. The molecule has 2 atom stereocenters. The fourth-order valence-electron chi connectivity index (χ4n) is 4.74. The van der Waals surface area contributed by atoms with Gasteiger partial charge in [0.2, 0.25) is 0 Å². The maximum Gasteiger partial charge on any atom is 0.187 e. The van der Waals surface area contributed by atoms with Crippen LogP contribution in [0.3, 0.4) is 0 Å². The Labute approximate surface area is 152 Å². The van der Waals surface area contributed by atoms with Crippen LogP contribution in [-0.2, 0) is 19.3 Å². The molecule has 136 valence electrons. The molecule has 3 fully saturated rings. The maximum atomic E-state index is 14.7. The van der Waals surface area contributed by atoms with E-state index in [4.69, 9.17) is 4.98 Å². The molecule has 0 radical (unpaired) electrons. The summed E-state index contributed by atoms with van der Waals surface area (Å²) in [5.74, 6) is 2.18. The van der Waals surface area contributed by atoms with Crippen LogP contribution in [0.2, 0.25) is 0 Å². The summed E-state index contributed by atoms with van der Waals surface area (Å²) in [7, 11) is 0. The fraction of sp³-hybridized carbons (Fsp3) is 0.579. The number of halogens is 1. The third-order valence-electron chi connectivity index (χ3n) is 5.94. The first-order chi connectivity index (χ1) is 12.7. The Morgan fingerprint density at radius 3 is 2.69 bits per heavy atom. The lowest BCUT2D eigenvalue weighted by atomic mass is 9.86. The van der Waals surface area contributed by atoms with Crippen LogP contribution in [0.5, 0.6) is 0 Å². The lowest BCUT2D eigenvalue weighted by Crippen LogP contribution is -2.70. The summed E-state index contributed by atoms with van der Waals surface area (Å²) >= 11 is 0. The molecule has 0 amide bonds. The molecule has 0 saturated carbocycles. The van der Waals surface area contributed by atoms with Gasteiger partial charge in [-0.2, -0.15) is 0 Å². The molecule has 0 N–H and O–H groups in total. The van der Waals surface area contributed by atoms with Crippen LogP contribution in [0.1, 0.15) is 42.5 Å². The SMILES string of the molecule is CCc1ncnc(N2CC3CC(C2)N3c2nc(C)nc3c2CCC3)c1F. The van der Waals surface area contributed by atoms with Crippen LogP contribution >= 0.6 is 0 Å². The van der Waals surface area contributed by atoms with Gasteiger partial charge in [0.25, 0.3) is 0 Å². The molecule has 6 nitrogen and oxygen atoms in total. The number of anilines is 2. The van der Waals surface area contributed by atoms with Gasteiger partial charge in [0.05, 0.1) is 17.8 Å². The van der Waals surface area contributed by atoms with Gasteiger partial charge in [0.15, 0.2) is 11.6 Å². The normalized spacial score (nSPS) is 23.8. The van der Waals surface area contributed by atoms with Crippen molar-refractivity contribution in [2.75, 3.05) is 22.9 Å². The molecule has 3 aliphatic heterocycles. The highest BCUT2D eigenvalue weighted by Crippen LogP contribution is 2.41. The minimum Gasteiger partial charge on any atom is -0.350 e. The Morgan fingerprint density at radius 2 is 1.92 bits per heavy atom. The first kappa shape index (κ1) is 15.9. The molecule has 3 saturated heterocycles. The highest BCUT2D eigenvalue weighted by Gasteiger charge is 2.47. The summed E-state index contributed by atoms with van der Waals surface area (Å²) in [6.07, 6.45) is 6.51. The second kappa shape index (κ2) is 5.86. The van der Waals surface area contributed by atoms with Crippen molar-refractivity contribution in [3.63, 3.8) is 0 Å². The molecular formula is C19H23FN6. The van der Waals surface area contributed by atoms with E-state index < -0.39 is 0 Å². The molecule has 5 heterocycles. The monoisotopic (exact) mass is 354 g/mol. The van der Waals surface area contributed by atoms with Crippen LogP contribution in [0.4, 0.5) is 16.0 Å². The number of hydrogen-bond donors (Lipinski definition) is 0. The third-order valence-corrected chi connectivity index (χ3v) is 5.94. The molecule has 2 aromatic rings. The van der Waals surface area contributed by atoms with Crippen molar-refractivity contribution < 1.29 is 4.39 Å². The number of piperidine rings is 1. The van der Waals surface area contributed by atoms with Crippen molar-refractivity contribution in [2.24, 2.45) is 0 Å². The average Bonchev–Trinajstić information content (AvgIpc) is 3.10. The smallest absolute Gasteiger partial charge is 0.187 e. The minimum absolute atomic E-state index is 0.262. The molecule has 2 unspecified atom stereocenters. The highest BCUT2D eigenvalue weighted by molar-refractivity contribution is 5.58. The van der Waals surface area contributed by atoms with Crippen molar-refractivity contribution in [3.05, 3.63) is 34.9 Å². The van der Waals surface area contributed by atoms with E-state index in [0.717, 1.165) is 44.0 Å². The number of hydrogen-bond acceptors (Lipinski definition) is 6. The van der Waals surface area contributed by atoms with Crippen molar-refractivity contribution in [3.8, 4) is 0 Å². The van der Waals surface area contributed by atoms with Gasteiger partial charge >= 0.3 is 0 Å². The summed E-state index contributed by atoms with van der Waals surface area (Å²) in [6.45, 7) is 5.46. The van der Waals surface area contributed by atoms with E-state index in [2.05, 4.69) is 24.8 Å². The highest BCUT2D eigenvalue weighted by atomic mass is 19.1. The van der Waals surface area contributed by atoms with Gasteiger partial charge in [-0.3, -0.25) is 0 Å². The standard InChI is InChI=1S/C19H23FN6/c1-3-15-17(20)19(22-10-21-15)25-8-12-7-13(9-25)26(12)18-14-5-4-6-16(14)23-11(2)24-18/h10,12-13H,3-9H2,1-2H3. The van der Waals surface area contributed by atoms with Crippen molar-refractivity contribution in [1.82, 2.24) is 19.9 Å². The van der Waals surface area contributed by atoms with E-state index >= 15 is 0 Å². The van der Waals surface area contributed by atoms with Gasteiger partial charge in [-0.25, -0.2) is 24.3 Å². The zero-order valence-corrected chi connectivity index (χ0v) is 15.2. The van der Waals surface area contributed by atoms with Crippen LogP contribution in [0, 0.1) is 12.7 Å². The summed E-state index contributed by atoms with van der Waals surface area (Å²) in [4.78, 5) is 22.2. The number of piperazine rings is 1. The van der Waals surface area contributed by atoms with Crippen LogP contribution in [0.25, 0.3) is 0 Å². The van der Waals surface area contributed by atoms with E-state index in [9.17, 15) is 4.39 Å². The molecule has 4 aliphatic rings. The Bertz CT molecular complexity index is 857. The van der Waals surface area contributed by atoms with E-state index in [0.29, 0.717) is 30.0 Å². The first-order valence-electron chi connectivity index (χ1n) is 9.54. The molecule has 26 heavy (non-hydrogen) atoms. The van der Waals surface area contributed by atoms with Gasteiger partial charge in [-0.15, -0.1) is 0 Å². The van der Waals surface area contributed by atoms with Crippen LogP contribution in [-0.4, -0.2) is 45.1 Å². The molecule has 6 rings (SSSR count). The molecule has 0 spiro atoms. The Balaban J connectivity index is 1.43. The van der Waals surface area contributed by atoms with Gasteiger partial charge in [-0.05, 0) is 39.0 Å². The molecular weight excluding hydrogens is 331 g/mol. The summed E-state index contributed by atoms with van der Waals surface area (Å²) in [5, 5.41) is 0. The molecule has 2 bridgehead atoms. The fourth-order valence-corrected chi connectivity index (χ4v) is 4.74. The predicted molar refractivity (Wildman–Crippen MR) is 97.0 cm³/mol. The van der Waals surface area contributed by atoms with Crippen molar-refractivity contribution in [2.45, 2.75) is 58.0 Å². The second-order valence-corrected chi connectivity index (χ2v) is 7.54. The average molecular weight is 354 g/mol. The lowest BCUT2D eigenvalue weighted by Gasteiger charge is -2.57. The largest absolute Gasteiger partial charge is 0.350 e. The number of aryl methyl sites for hydroxylation is 3. The third kappa shape index (κ3) is 2.29. The van der Waals surface area contributed by atoms with Crippen LogP contribution < -0.4 is 9.80 Å². The molecule has 1 aliphatic carbocycles. The van der Waals surface area contributed by atoms with Crippen molar-refractivity contribution in [1.29, 1.82) is 0 Å². The quantitative estimate of drug-likeness (QED) is 0.843. The molecule has 0 aromatic carbocycles. The van der Waals surface area contributed by atoms with Gasteiger partial charge < -0.3 is 9.80 Å².